The minimum Gasteiger partial charge on any atom is -0.352 e. The van der Waals surface area contributed by atoms with Crippen molar-refractivity contribution in [3.05, 3.63) is 35.4 Å². The van der Waals surface area contributed by atoms with Gasteiger partial charge in [0, 0.05) is 5.56 Å². The van der Waals surface area contributed by atoms with Crippen molar-refractivity contribution in [3.8, 4) is 0 Å². The van der Waals surface area contributed by atoms with Crippen LogP contribution in [0, 0.1) is 0 Å². The van der Waals surface area contributed by atoms with E-state index in [2.05, 4.69) is 43.8 Å². The van der Waals surface area contributed by atoms with Gasteiger partial charge in [0.05, 0.1) is 0 Å². The van der Waals surface area contributed by atoms with Gasteiger partial charge in [0.25, 0.3) is 0 Å². The fourth-order valence-corrected chi connectivity index (χ4v) is 1.30. The molecule has 1 aromatic rings. The lowest BCUT2D eigenvalue weighted by Crippen LogP contribution is -2.51. The van der Waals surface area contributed by atoms with Crippen molar-refractivity contribution in [2.75, 3.05) is 0 Å². The van der Waals surface area contributed by atoms with Crippen LogP contribution in [0.1, 0.15) is 37.4 Å². The SMILES string of the molecule is CCCc1ccc([C@@H](C)[NH3+])cc1. The van der Waals surface area contributed by atoms with Crippen LogP contribution in [-0.2, 0) is 6.42 Å². The van der Waals surface area contributed by atoms with E-state index in [4.69, 9.17) is 0 Å². The van der Waals surface area contributed by atoms with Gasteiger partial charge in [-0.1, -0.05) is 37.6 Å². The first kappa shape index (κ1) is 9.27. The van der Waals surface area contributed by atoms with Crippen LogP contribution in [0.4, 0.5) is 0 Å². The standard InChI is InChI=1S/C11H17N/c1-3-4-10-5-7-11(8-6-10)9(2)12/h5-9H,3-4,12H2,1-2H3/p+1/t9-/m1/s1. The van der Waals surface area contributed by atoms with Crippen LogP contribution in [0.25, 0.3) is 0 Å². The van der Waals surface area contributed by atoms with Gasteiger partial charge < -0.3 is 5.73 Å². The van der Waals surface area contributed by atoms with E-state index in [0.717, 1.165) is 0 Å². The summed E-state index contributed by atoms with van der Waals surface area (Å²) in [4.78, 5) is 0. The smallest absolute Gasteiger partial charge is 0.107 e. The molecule has 3 N–H and O–H groups in total. The summed E-state index contributed by atoms with van der Waals surface area (Å²) in [6, 6.07) is 9.19. The molecular weight excluding hydrogens is 146 g/mol. The van der Waals surface area contributed by atoms with E-state index in [0.29, 0.717) is 6.04 Å². The van der Waals surface area contributed by atoms with Gasteiger partial charge >= 0.3 is 0 Å². The Morgan fingerprint density at radius 1 is 1.25 bits per heavy atom. The van der Waals surface area contributed by atoms with Crippen LogP contribution >= 0.6 is 0 Å². The van der Waals surface area contributed by atoms with Gasteiger partial charge in [0.2, 0.25) is 0 Å². The molecule has 0 radical (unpaired) electrons. The molecule has 1 nitrogen and oxygen atoms in total. The Morgan fingerprint density at radius 3 is 2.25 bits per heavy atom. The zero-order valence-corrected chi connectivity index (χ0v) is 8.01. The molecule has 0 amide bonds. The summed E-state index contributed by atoms with van der Waals surface area (Å²) >= 11 is 0. The maximum absolute atomic E-state index is 3.98. The lowest BCUT2D eigenvalue weighted by atomic mass is 10.0. The van der Waals surface area contributed by atoms with Crippen molar-refractivity contribution >= 4 is 0 Å². The molecule has 0 unspecified atom stereocenters. The molecule has 0 saturated carbocycles. The molecule has 12 heavy (non-hydrogen) atoms. The lowest BCUT2D eigenvalue weighted by Gasteiger charge is -2.03. The maximum Gasteiger partial charge on any atom is 0.107 e. The first-order valence-corrected chi connectivity index (χ1v) is 4.66. The molecule has 1 heteroatoms. The van der Waals surface area contributed by atoms with E-state index in [1.807, 2.05) is 0 Å². The highest BCUT2D eigenvalue weighted by Gasteiger charge is 2.00. The molecule has 0 aromatic heterocycles. The Labute approximate surface area is 74.6 Å². The number of hydrogen-bond acceptors (Lipinski definition) is 0. The van der Waals surface area contributed by atoms with Crippen molar-refractivity contribution in [2.45, 2.75) is 32.7 Å². The molecule has 0 aliphatic carbocycles. The van der Waals surface area contributed by atoms with Gasteiger partial charge in [-0.15, -0.1) is 0 Å². The van der Waals surface area contributed by atoms with Crippen molar-refractivity contribution in [1.29, 1.82) is 0 Å². The molecule has 0 aliphatic rings. The molecule has 0 aliphatic heterocycles. The van der Waals surface area contributed by atoms with Gasteiger partial charge in [-0.25, -0.2) is 0 Å². The fraction of sp³-hybridized carbons (Fsp3) is 0.455. The van der Waals surface area contributed by atoms with E-state index in [9.17, 15) is 0 Å². The molecule has 66 valence electrons. The maximum atomic E-state index is 3.98. The second-order valence-corrected chi connectivity index (χ2v) is 3.39. The number of benzene rings is 1. The van der Waals surface area contributed by atoms with Crippen LogP contribution in [0.15, 0.2) is 24.3 Å². The van der Waals surface area contributed by atoms with Crippen LogP contribution in [-0.4, -0.2) is 0 Å². The van der Waals surface area contributed by atoms with Crippen LogP contribution in [0.3, 0.4) is 0 Å². The normalized spacial score (nSPS) is 12.9. The Hall–Kier alpha value is -0.820. The van der Waals surface area contributed by atoms with E-state index < -0.39 is 0 Å². The predicted octanol–water partition coefficient (Wildman–Crippen LogP) is 1.94. The summed E-state index contributed by atoms with van der Waals surface area (Å²) in [6.07, 6.45) is 2.41. The molecule has 1 aromatic carbocycles. The second kappa shape index (κ2) is 4.27. The third-order valence-corrected chi connectivity index (χ3v) is 2.09. The average Bonchev–Trinajstić information content (AvgIpc) is 2.06. The van der Waals surface area contributed by atoms with Crippen molar-refractivity contribution in [1.82, 2.24) is 0 Å². The third kappa shape index (κ3) is 2.35. The summed E-state index contributed by atoms with van der Waals surface area (Å²) < 4.78 is 0. The summed E-state index contributed by atoms with van der Waals surface area (Å²) in [5.74, 6) is 0. The van der Waals surface area contributed by atoms with Gasteiger partial charge in [-0.05, 0) is 18.9 Å². The summed E-state index contributed by atoms with van der Waals surface area (Å²) in [5.41, 5.74) is 6.75. The largest absolute Gasteiger partial charge is 0.352 e. The molecular formula is C11H18N+. The Morgan fingerprint density at radius 2 is 1.83 bits per heavy atom. The lowest BCUT2D eigenvalue weighted by molar-refractivity contribution is -0.420. The highest BCUT2D eigenvalue weighted by Crippen LogP contribution is 2.10. The minimum atomic E-state index is 0.403. The second-order valence-electron chi connectivity index (χ2n) is 3.39. The van der Waals surface area contributed by atoms with Gasteiger partial charge in [-0.3, -0.25) is 0 Å². The van der Waals surface area contributed by atoms with E-state index in [1.54, 1.807) is 0 Å². The average molecular weight is 164 g/mol. The Kier molecular flexibility index (Phi) is 3.30. The number of aryl methyl sites for hydroxylation is 1. The molecule has 1 atom stereocenters. The first-order chi connectivity index (χ1) is 5.74. The summed E-state index contributed by atoms with van der Waals surface area (Å²) in [6.45, 7) is 4.33. The highest BCUT2D eigenvalue weighted by molar-refractivity contribution is 5.23. The zero-order chi connectivity index (χ0) is 8.97. The quantitative estimate of drug-likeness (QED) is 0.707. The van der Waals surface area contributed by atoms with Crippen LogP contribution in [0.5, 0.6) is 0 Å². The van der Waals surface area contributed by atoms with Gasteiger partial charge in [0.1, 0.15) is 6.04 Å². The summed E-state index contributed by atoms with van der Waals surface area (Å²) in [7, 11) is 0. The Balaban J connectivity index is 2.71. The van der Waals surface area contributed by atoms with Crippen molar-refractivity contribution in [3.63, 3.8) is 0 Å². The molecule has 0 bridgehead atoms. The molecule has 0 spiro atoms. The monoisotopic (exact) mass is 164 g/mol. The number of hydrogen-bond donors (Lipinski definition) is 1. The zero-order valence-electron chi connectivity index (χ0n) is 8.01. The van der Waals surface area contributed by atoms with Gasteiger partial charge in [0.15, 0.2) is 0 Å². The van der Waals surface area contributed by atoms with Crippen molar-refractivity contribution in [2.24, 2.45) is 0 Å². The van der Waals surface area contributed by atoms with Crippen LogP contribution < -0.4 is 5.73 Å². The van der Waals surface area contributed by atoms with E-state index in [1.165, 1.54) is 24.0 Å². The Bertz CT molecular complexity index is 223. The predicted molar refractivity (Wildman–Crippen MR) is 51.7 cm³/mol. The number of rotatable bonds is 3. The van der Waals surface area contributed by atoms with E-state index in [-0.39, 0.29) is 0 Å². The van der Waals surface area contributed by atoms with Crippen LogP contribution in [0.2, 0.25) is 0 Å². The number of quaternary nitrogens is 1. The third-order valence-electron chi connectivity index (χ3n) is 2.09. The molecule has 0 saturated heterocycles. The minimum absolute atomic E-state index is 0.403. The first-order valence-electron chi connectivity index (χ1n) is 4.66. The molecule has 1 rings (SSSR count). The fourth-order valence-electron chi connectivity index (χ4n) is 1.30. The molecule has 0 fully saturated rings. The summed E-state index contributed by atoms with van der Waals surface area (Å²) in [5, 5.41) is 0. The molecule has 0 heterocycles. The van der Waals surface area contributed by atoms with Crippen molar-refractivity contribution < 1.29 is 5.73 Å². The van der Waals surface area contributed by atoms with E-state index >= 15 is 0 Å². The van der Waals surface area contributed by atoms with Gasteiger partial charge in [-0.2, -0.15) is 0 Å². The topological polar surface area (TPSA) is 27.6 Å². The highest BCUT2D eigenvalue weighted by atomic mass is 14.6.